The van der Waals surface area contributed by atoms with Gasteiger partial charge in [-0.15, -0.1) is 0 Å². The van der Waals surface area contributed by atoms with E-state index in [4.69, 9.17) is 14.7 Å². The second-order valence-corrected chi connectivity index (χ2v) is 8.64. The third-order valence-electron chi connectivity index (χ3n) is 4.08. The number of hydrogen-bond donors (Lipinski definition) is 2. The van der Waals surface area contributed by atoms with Crippen LogP contribution in [0.2, 0.25) is 0 Å². The summed E-state index contributed by atoms with van der Waals surface area (Å²) in [7, 11) is -3.67. The van der Waals surface area contributed by atoms with E-state index in [1.54, 1.807) is 0 Å². The fourth-order valence-corrected chi connectivity index (χ4v) is 2.85. The molecule has 0 spiro atoms. The average Bonchev–Trinajstić information content (AvgIpc) is 2.96. The van der Waals surface area contributed by atoms with Crippen molar-refractivity contribution >= 4 is 21.1 Å². The molecule has 0 saturated carbocycles. The molecule has 3 aromatic rings. The summed E-state index contributed by atoms with van der Waals surface area (Å²) in [6, 6.07) is 15.3. The molecule has 0 fully saturated rings. The van der Waals surface area contributed by atoms with Crippen LogP contribution in [-0.2, 0) is 16.5 Å². The summed E-state index contributed by atoms with van der Waals surface area (Å²) in [6.07, 6.45) is 3.45. The largest absolute Gasteiger partial charge is 0.464 e. The summed E-state index contributed by atoms with van der Waals surface area (Å²) >= 11 is 0. The van der Waals surface area contributed by atoms with Crippen LogP contribution >= 0.6 is 0 Å². The highest BCUT2D eigenvalue weighted by molar-refractivity contribution is 7.85. The van der Waals surface area contributed by atoms with E-state index in [2.05, 4.69) is 50.2 Å². The van der Waals surface area contributed by atoms with Crippen LogP contribution in [0.4, 0.5) is 0 Å². The zero-order valence-corrected chi connectivity index (χ0v) is 17.0. The predicted octanol–water partition coefficient (Wildman–Crippen LogP) is 4.62. The first-order chi connectivity index (χ1) is 12.5. The molecule has 1 heterocycles. The lowest BCUT2D eigenvalue weighted by Crippen LogP contribution is -2.17. The zero-order chi connectivity index (χ0) is 20.2. The Labute approximate surface area is 160 Å². The van der Waals surface area contributed by atoms with Gasteiger partial charge in [0, 0.05) is 17.0 Å². The Morgan fingerprint density at radius 1 is 1.07 bits per heavy atom. The summed E-state index contributed by atoms with van der Waals surface area (Å²) in [6.45, 7) is 6.45. The van der Waals surface area contributed by atoms with E-state index < -0.39 is 10.1 Å². The van der Waals surface area contributed by atoms with E-state index in [1.165, 1.54) is 16.7 Å². The van der Waals surface area contributed by atoms with E-state index in [-0.39, 0.29) is 6.04 Å². The van der Waals surface area contributed by atoms with E-state index in [0.29, 0.717) is 12.2 Å². The maximum Gasteiger partial charge on any atom is 0.261 e. The summed E-state index contributed by atoms with van der Waals surface area (Å²) < 4.78 is 31.6. The van der Waals surface area contributed by atoms with Crippen LogP contribution in [0.15, 0.2) is 53.1 Å². The molecule has 0 radical (unpaired) electrons. The third kappa shape index (κ3) is 6.50. The second-order valence-electron chi connectivity index (χ2n) is 7.17. The summed E-state index contributed by atoms with van der Waals surface area (Å²) in [5.74, 6) is 0.549. The first kappa shape index (κ1) is 21.2. The number of rotatable bonds is 4. The van der Waals surface area contributed by atoms with Gasteiger partial charge in [0.1, 0.15) is 5.58 Å². The molecular formula is C21H27NO4S. The molecule has 0 aliphatic rings. The average molecular weight is 390 g/mol. The topological polar surface area (TPSA) is 93.5 Å². The van der Waals surface area contributed by atoms with Crippen LogP contribution < -0.4 is 5.73 Å². The van der Waals surface area contributed by atoms with Gasteiger partial charge in [0.05, 0.1) is 12.5 Å². The molecule has 3 rings (SSSR count). The smallest absolute Gasteiger partial charge is 0.261 e. The van der Waals surface area contributed by atoms with Crippen LogP contribution in [0.5, 0.6) is 0 Å². The van der Waals surface area contributed by atoms with E-state index >= 15 is 0 Å². The molecule has 0 amide bonds. The van der Waals surface area contributed by atoms with Gasteiger partial charge in [-0.05, 0) is 48.1 Å². The Balaban J connectivity index is 0.000000465. The van der Waals surface area contributed by atoms with Gasteiger partial charge < -0.3 is 10.2 Å². The fraction of sp³-hybridized carbons (Fsp3) is 0.333. The first-order valence-electron chi connectivity index (χ1n) is 8.83. The van der Waals surface area contributed by atoms with Crippen molar-refractivity contribution in [2.45, 2.75) is 39.2 Å². The molecule has 3 N–H and O–H groups in total. The van der Waals surface area contributed by atoms with E-state index in [0.717, 1.165) is 23.0 Å². The van der Waals surface area contributed by atoms with Crippen molar-refractivity contribution in [1.82, 2.24) is 0 Å². The van der Waals surface area contributed by atoms with Crippen molar-refractivity contribution in [3.63, 3.8) is 0 Å². The van der Waals surface area contributed by atoms with Crippen molar-refractivity contribution in [3.05, 3.63) is 59.9 Å². The number of hydrogen-bond acceptors (Lipinski definition) is 4. The van der Waals surface area contributed by atoms with E-state index in [9.17, 15) is 8.42 Å². The van der Waals surface area contributed by atoms with Crippen LogP contribution in [0.3, 0.4) is 0 Å². The van der Waals surface area contributed by atoms with Crippen LogP contribution in [0.25, 0.3) is 22.1 Å². The lowest BCUT2D eigenvalue weighted by atomic mass is 9.97. The van der Waals surface area contributed by atoms with E-state index in [1.807, 2.05) is 19.3 Å². The van der Waals surface area contributed by atoms with Gasteiger partial charge >= 0.3 is 0 Å². The minimum atomic E-state index is -3.67. The lowest BCUT2D eigenvalue weighted by molar-refractivity contribution is 0.490. The zero-order valence-electron chi connectivity index (χ0n) is 16.1. The van der Waals surface area contributed by atoms with Gasteiger partial charge in [-0.3, -0.25) is 4.55 Å². The van der Waals surface area contributed by atoms with Crippen molar-refractivity contribution < 1.29 is 17.4 Å². The third-order valence-corrected chi connectivity index (χ3v) is 4.08. The molecule has 0 aliphatic carbocycles. The van der Waals surface area contributed by atoms with Crippen LogP contribution in [0, 0.1) is 0 Å². The first-order valence-corrected chi connectivity index (χ1v) is 10.7. The van der Waals surface area contributed by atoms with Gasteiger partial charge in [0.15, 0.2) is 0 Å². The van der Waals surface area contributed by atoms with Crippen LogP contribution in [-0.4, -0.2) is 25.3 Å². The minimum Gasteiger partial charge on any atom is -0.464 e. The number of benzene rings is 2. The SMILES string of the molecule is CC(N)Cc1ccc2occ(-c3ccc(C(C)C)cc3)c2c1.CS(=O)(=O)O. The Bertz CT molecular complexity index is 979. The van der Waals surface area contributed by atoms with Gasteiger partial charge in [-0.2, -0.15) is 8.42 Å². The predicted molar refractivity (Wildman–Crippen MR) is 111 cm³/mol. The summed E-state index contributed by atoms with van der Waals surface area (Å²) in [5, 5.41) is 1.16. The maximum atomic E-state index is 9.19. The van der Waals surface area contributed by atoms with Crippen molar-refractivity contribution in [2.24, 2.45) is 5.73 Å². The normalized spacial score (nSPS) is 12.7. The highest BCUT2D eigenvalue weighted by atomic mass is 32.2. The molecule has 1 unspecified atom stereocenters. The molecule has 146 valence electrons. The van der Waals surface area contributed by atoms with Gasteiger partial charge in [-0.1, -0.05) is 44.2 Å². The molecule has 0 saturated heterocycles. The monoisotopic (exact) mass is 389 g/mol. The van der Waals surface area contributed by atoms with Crippen LogP contribution in [0.1, 0.15) is 37.8 Å². The quantitative estimate of drug-likeness (QED) is 0.635. The number of furan rings is 1. The Kier molecular flexibility index (Phi) is 6.81. The number of fused-ring (bicyclic) bond motifs is 1. The summed E-state index contributed by atoms with van der Waals surface area (Å²) in [5.41, 5.74) is 11.8. The summed E-state index contributed by atoms with van der Waals surface area (Å²) in [4.78, 5) is 0. The van der Waals surface area contributed by atoms with Gasteiger partial charge in [0.25, 0.3) is 10.1 Å². The van der Waals surface area contributed by atoms with Gasteiger partial charge in [-0.25, -0.2) is 0 Å². The lowest BCUT2D eigenvalue weighted by Gasteiger charge is -2.07. The Morgan fingerprint density at radius 3 is 2.19 bits per heavy atom. The maximum absolute atomic E-state index is 9.19. The molecule has 1 aromatic heterocycles. The Hall–Kier alpha value is -2.15. The molecule has 0 aliphatic heterocycles. The molecule has 27 heavy (non-hydrogen) atoms. The fourth-order valence-electron chi connectivity index (χ4n) is 2.85. The second kappa shape index (κ2) is 8.69. The molecule has 5 nitrogen and oxygen atoms in total. The Morgan fingerprint density at radius 2 is 1.67 bits per heavy atom. The molecule has 6 heteroatoms. The molecule has 2 aromatic carbocycles. The highest BCUT2D eigenvalue weighted by Crippen LogP contribution is 2.32. The molecular weight excluding hydrogens is 362 g/mol. The van der Waals surface area contributed by atoms with Gasteiger partial charge in [0.2, 0.25) is 0 Å². The molecule has 1 atom stereocenters. The molecule has 0 bridgehead atoms. The van der Waals surface area contributed by atoms with Crippen molar-refractivity contribution in [2.75, 3.05) is 6.26 Å². The highest BCUT2D eigenvalue weighted by Gasteiger charge is 2.10. The number of nitrogens with two attached hydrogens (primary N) is 1. The minimum absolute atomic E-state index is 0.165. The standard InChI is InChI=1S/C20H23NO.CH4O3S/c1-13(2)16-5-7-17(8-6-16)19-12-22-20-9-4-15(10-14(3)21)11-18(19)20;1-5(2,3)4/h4-9,11-14H,10,21H2,1-3H3;1H3,(H,2,3,4). The van der Waals surface area contributed by atoms with Crippen molar-refractivity contribution in [3.8, 4) is 11.1 Å². The van der Waals surface area contributed by atoms with Crippen molar-refractivity contribution in [1.29, 1.82) is 0 Å².